The van der Waals surface area contributed by atoms with Crippen molar-refractivity contribution in [2.24, 2.45) is 5.92 Å². The Morgan fingerprint density at radius 1 is 1.38 bits per heavy atom. The van der Waals surface area contributed by atoms with Crippen LogP contribution in [-0.2, 0) is 11.0 Å². The third-order valence-corrected chi connectivity index (χ3v) is 3.81. The van der Waals surface area contributed by atoms with Gasteiger partial charge in [0.1, 0.15) is 5.82 Å². The molecule has 1 aromatic carbocycles. The summed E-state index contributed by atoms with van der Waals surface area (Å²) in [7, 11) is 0. The minimum Gasteiger partial charge on any atom is -0.481 e. The highest BCUT2D eigenvalue weighted by atomic mass is 19.4. The zero-order valence-electron chi connectivity index (χ0n) is 11.3. The Balaban J connectivity index is 2.21. The second kappa shape index (κ2) is 5.54. The number of benzene rings is 1. The SMILES string of the molecule is CC1CC(C(=O)O)CCN1c1ccc(C(F)(F)F)cc1F. The molecule has 0 aliphatic carbocycles. The first-order valence-electron chi connectivity index (χ1n) is 6.56. The fourth-order valence-corrected chi connectivity index (χ4v) is 2.67. The van der Waals surface area contributed by atoms with Crippen LogP contribution in [0.5, 0.6) is 0 Å². The molecule has 1 aliphatic heterocycles. The van der Waals surface area contributed by atoms with Crippen molar-refractivity contribution in [3.63, 3.8) is 0 Å². The molecule has 2 rings (SSSR count). The number of hydrogen-bond donors (Lipinski definition) is 1. The van der Waals surface area contributed by atoms with E-state index in [-0.39, 0.29) is 11.7 Å². The summed E-state index contributed by atoms with van der Waals surface area (Å²) in [6.07, 6.45) is -3.89. The van der Waals surface area contributed by atoms with Crippen LogP contribution in [-0.4, -0.2) is 23.7 Å². The summed E-state index contributed by atoms with van der Waals surface area (Å²) in [6, 6.07) is 2.18. The fourth-order valence-electron chi connectivity index (χ4n) is 2.67. The minimum atomic E-state index is -4.58. The molecule has 1 N–H and O–H groups in total. The second-order valence-electron chi connectivity index (χ2n) is 5.27. The van der Waals surface area contributed by atoms with Crippen molar-refractivity contribution in [2.45, 2.75) is 32.0 Å². The van der Waals surface area contributed by atoms with Gasteiger partial charge in [0.15, 0.2) is 0 Å². The molecule has 0 amide bonds. The average Bonchev–Trinajstić information content (AvgIpc) is 2.38. The van der Waals surface area contributed by atoms with Crippen molar-refractivity contribution in [3.05, 3.63) is 29.6 Å². The Morgan fingerprint density at radius 3 is 2.52 bits per heavy atom. The Labute approximate surface area is 119 Å². The molecule has 0 aromatic heterocycles. The molecule has 116 valence electrons. The van der Waals surface area contributed by atoms with Gasteiger partial charge in [-0.05, 0) is 38.0 Å². The smallest absolute Gasteiger partial charge is 0.416 e. The molecular formula is C14H15F4NO2. The zero-order chi connectivity index (χ0) is 15.8. The number of alkyl halides is 3. The van der Waals surface area contributed by atoms with Gasteiger partial charge in [-0.25, -0.2) is 4.39 Å². The molecule has 3 nitrogen and oxygen atoms in total. The van der Waals surface area contributed by atoms with Gasteiger partial charge in [-0.2, -0.15) is 13.2 Å². The van der Waals surface area contributed by atoms with Gasteiger partial charge in [0.05, 0.1) is 17.2 Å². The third kappa shape index (κ3) is 3.28. The fraction of sp³-hybridized carbons (Fsp3) is 0.500. The van der Waals surface area contributed by atoms with E-state index in [1.54, 1.807) is 11.8 Å². The summed E-state index contributed by atoms with van der Waals surface area (Å²) < 4.78 is 51.5. The first kappa shape index (κ1) is 15.6. The number of hydrogen-bond acceptors (Lipinski definition) is 2. The maximum Gasteiger partial charge on any atom is 0.416 e. The van der Waals surface area contributed by atoms with Crippen molar-refractivity contribution in [1.82, 2.24) is 0 Å². The number of carbonyl (C=O) groups is 1. The topological polar surface area (TPSA) is 40.5 Å². The summed E-state index contributed by atoms with van der Waals surface area (Å²) in [6.45, 7) is 2.05. The Hall–Kier alpha value is -1.79. The first-order valence-corrected chi connectivity index (χ1v) is 6.56. The van der Waals surface area contributed by atoms with E-state index in [4.69, 9.17) is 5.11 Å². The zero-order valence-corrected chi connectivity index (χ0v) is 11.3. The summed E-state index contributed by atoms with van der Waals surface area (Å²) in [5.74, 6) is -2.33. The minimum absolute atomic E-state index is 0.0827. The van der Waals surface area contributed by atoms with E-state index in [0.29, 0.717) is 25.5 Å². The number of rotatable bonds is 2. The van der Waals surface area contributed by atoms with E-state index < -0.39 is 29.4 Å². The molecule has 7 heteroatoms. The van der Waals surface area contributed by atoms with E-state index in [0.717, 1.165) is 12.1 Å². The molecule has 0 radical (unpaired) electrons. The van der Waals surface area contributed by atoms with E-state index in [1.165, 1.54) is 0 Å². The second-order valence-corrected chi connectivity index (χ2v) is 5.27. The highest BCUT2D eigenvalue weighted by Gasteiger charge is 2.34. The van der Waals surface area contributed by atoms with Gasteiger partial charge in [0.2, 0.25) is 0 Å². The average molecular weight is 305 g/mol. The van der Waals surface area contributed by atoms with E-state index in [1.807, 2.05) is 0 Å². The van der Waals surface area contributed by atoms with Gasteiger partial charge in [0, 0.05) is 12.6 Å². The highest BCUT2D eigenvalue weighted by Crippen LogP contribution is 2.34. The van der Waals surface area contributed by atoms with Gasteiger partial charge >= 0.3 is 12.1 Å². The van der Waals surface area contributed by atoms with Gasteiger partial charge < -0.3 is 10.0 Å². The van der Waals surface area contributed by atoms with Gasteiger partial charge in [-0.1, -0.05) is 0 Å². The molecule has 1 heterocycles. The number of piperidine rings is 1. The quantitative estimate of drug-likeness (QED) is 0.850. The largest absolute Gasteiger partial charge is 0.481 e. The monoisotopic (exact) mass is 305 g/mol. The molecule has 1 aliphatic rings. The molecule has 2 unspecified atom stereocenters. The third-order valence-electron chi connectivity index (χ3n) is 3.81. The maximum absolute atomic E-state index is 13.9. The van der Waals surface area contributed by atoms with Gasteiger partial charge in [-0.3, -0.25) is 4.79 Å². The van der Waals surface area contributed by atoms with Crippen LogP contribution in [0, 0.1) is 11.7 Å². The molecule has 21 heavy (non-hydrogen) atoms. The van der Waals surface area contributed by atoms with Crippen molar-refractivity contribution in [2.75, 3.05) is 11.4 Å². The van der Waals surface area contributed by atoms with Crippen molar-refractivity contribution < 1.29 is 27.5 Å². The van der Waals surface area contributed by atoms with Crippen molar-refractivity contribution in [1.29, 1.82) is 0 Å². The molecular weight excluding hydrogens is 290 g/mol. The van der Waals surface area contributed by atoms with Crippen LogP contribution >= 0.6 is 0 Å². The Morgan fingerprint density at radius 2 is 2.05 bits per heavy atom. The van der Waals surface area contributed by atoms with Crippen LogP contribution in [0.1, 0.15) is 25.3 Å². The van der Waals surface area contributed by atoms with Crippen LogP contribution in [0.2, 0.25) is 0 Å². The van der Waals surface area contributed by atoms with Crippen LogP contribution in [0.3, 0.4) is 0 Å². The number of nitrogens with zero attached hydrogens (tertiary/aromatic N) is 1. The normalized spacial score (nSPS) is 23.2. The number of carboxylic acid groups (broad SMARTS) is 1. The van der Waals surface area contributed by atoms with Crippen molar-refractivity contribution in [3.8, 4) is 0 Å². The van der Waals surface area contributed by atoms with Crippen LogP contribution in [0.15, 0.2) is 18.2 Å². The molecule has 0 saturated carbocycles. The van der Waals surface area contributed by atoms with E-state index >= 15 is 0 Å². The Kier molecular flexibility index (Phi) is 4.11. The number of carboxylic acids is 1. The lowest BCUT2D eigenvalue weighted by atomic mass is 9.91. The van der Waals surface area contributed by atoms with Crippen LogP contribution in [0.25, 0.3) is 0 Å². The number of aliphatic carboxylic acids is 1. The maximum atomic E-state index is 13.9. The molecule has 0 spiro atoms. The predicted octanol–water partition coefficient (Wildman–Crippen LogP) is 3.53. The summed E-state index contributed by atoms with van der Waals surface area (Å²) >= 11 is 0. The molecule has 0 bridgehead atoms. The lowest BCUT2D eigenvalue weighted by molar-refractivity contribution is -0.142. The standard InChI is InChI=1S/C14H15F4NO2/c1-8-6-9(13(20)21)4-5-19(8)12-3-2-10(7-11(12)15)14(16,17)18/h2-3,7-9H,4-6H2,1H3,(H,20,21). The summed E-state index contributed by atoms with van der Waals surface area (Å²) in [5, 5.41) is 8.98. The van der Waals surface area contributed by atoms with E-state index in [2.05, 4.69) is 0 Å². The Bertz CT molecular complexity index is 544. The van der Waals surface area contributed by atoms with Crippen LogP contribution < -0.4 is 4.90 Å². The predicted molar refractivity (Wildman–Crippen MR) is 68.6 cm³/mol. The molecule has 1 aromatic rings. The lowest BCUT2D eigenvalue weighted by Crippen LogP contribution is -2.43. The number of anilines is 1. The van der Waals surface area contributed by atoms with E-state index in [9.17, 15) is 22.4 Å². The van der Waals surface area contributed by atoms with Gasteiger partial charge in [0.25, 0.3) is 0 Å². The first-order chi connectivity index (χ1) is 9.70. The summed E-state index contributed by atoms with van der Waals surface area (Å²) in [4.78, 5) is 12.6. The summed E-state index contributed by atoms with van der Waals surface area (Å²) in [5.41, 5.74) is -0.948. The number of halogens is 4. The highest BCUT2D eigenvalue weighted by molar-refractivity contribution is 5.70. The lowest BCUT2D eigenvalue weighted by Gasteiger charge is -2.38. The van der Waals surface area contributed by atoms with Crippen molar-refractivity contribution >= 4 is 11.7 Å². The molecule has 1 fully saturated rings. The van der Waals surface area contributed by atoms with Crippen LogP contribution in [0.4, 0.5) is 23.2 Å². The molecule has 2 atom stereocenters. The van der Waals surface area contributed by atoms with Gasteiger partial charge in [-0.15, -0.1) is 0 Å². The molecule has 1 saturated heterocycles.